The number of carbonyl (C=O) groups excluding carboxylic acids is 2. The second-order valence-corrected chi connectivity index (χ2v) is 9.66. The third-order valence-corrected chi connectivity index (χ3v) is 7.60. The Labute approximate surface area is 143 Å². The molecule has 2 saturated heterocycles. The Kier molecular flexibility index (Phi) is 4.88. The molecule has 2 N–H and O–H groups in total. The van der Waals surface area contributed by atoms with Gasteiger partial charge in [0.25, 0.3) is 5.91 Å². The summed E-state index contributed by atoms with van der Waals surface area (Å²) in [6.07, 6.45) is 6.19. The minimum atomic E-state index is -2.97. The maximum Gasteiger partial charge on any atom is 0.329 e. The molecule has 0 aromatic heterocycles. The van der Waals surface area contributed by atoms with Crippen LogP contribution in [0.4, 0.5) is 4.79 Å². The molecule has 3 fully saturated rings. The van der Waals surface area contributed by atoms with Crippen LogP contribution in [0.1, 0.15) is 51.9 Å². The third-order valence-electron chi connectivity index (χ3n) is 5.83. The fourth-order valence-corrected chi connectivity index (χ4v) is 6.17. The van der Waals surface area contributed by atoms with Crippen molar-refractivity contribution in [3.05, 3.63) is 0 Å². The van der Waals surface area contributed by atoms with E-state index in [4.69, 9.17) is 0 Å². The first-order chi connectivity index (χ1) is 11.4. The highest BCUT2D eigenvalue weighted by molar-refractivity contribution is 7.91. The predicted molar refractivity (Wildman–Crippen MR) is 89.2 cm³/mol. The molecule has 3 aliphatic rings. The first kappa shape index (κ1) is 17.7. The topological polar surface area (TPSA) is 88.0 Å². The summed E-state index contributed by atoms with van der Waals surface area (Å²) in [6.45, 7) is 2.94. The highest BCUT2D eigenvalue weighted by atomic mass is 32.2. The number of hydrogen-bond acceptors (Lipinski definition) is 4. The molecule has 2 heterocycles. The molecule has 0 bridgehead atoms. The van der Waals surface area contributed by atoms with Gasteiger partial charge in [-0.15, -0.1) is 0 Å². The van der Waals surface area contributed by atoms with Gasteiger partial charge in [0.15, 0.2) is 16.5 Å². The Balaban J connectivity index is 1.72. The van der Waals surface area contributed by atoms with Gasteiger partial charge in [0.1, 0.15) is 17.3 Å². The van der Waals surface area contributed by atoms with E-state index in [-0.39, 0.29) is 36.2 Å². The summed E-state index contributed by atoms with van der Waals surface area (Å²) in [6, 6.07) is -0.333. The van der Waals surface area contributed by atoms with Crippen molar-refractivity contribution in [1.29, 1.82) is 0 Å². The van der Waals surface area contributed by atoms with Gasteiger partial charge in [0, 0.05) is 6.42 Å². The van der Waals surface area contributed by atoms with Gasteiger partial charge in [-0.2, -0.15) is 0 Å². The van der Waals surface area contributed by atoms with E-state index in [9.17, 15) is 18.0 Å². The number of carbonyl (C=O) groups is 2. The number of sulfone groups is 1. The molecule has 3 rings (SSSR count). The van der Waals surface area contributed by atoms with Crippen molar-refractivity contribution in [2.45, 2.75) is 63.5 Å². The average molecular weight is 358 g/mol. The van der Waals surface area contributed by atoms with Gasteiger partial charge in [-0.1, -0.05) is 25.7 Å². The van der Waals surface area contributed by atoms with Crippen LogP contribution in [0.2, 0.25) is 0 Å². The summed E-state index contributed by atoms with van der Waals surface area (Å²) in [5, 5.41) is 2.95. The van der Waals surface area contributed by atoms with Crippen LogP contribution in [0.5, 0.6) is 0 Å². The zero-order chi connectivity index (χ0) is 17.4. The molecule has 2 aliphatic heterocycles. The summed E-state index contributed by atoms with van der Waals surface area (Å²) in [5.74, 6) is 0.261. The van der Waals surface area contributed by atoms with Crippen molar-refractivity contribution in [2.24, 2.45) is 0 Å². The summed E-state index contributed by atoms with van der Waals surface area (Å²) >= 11 is 0. The van der Waals surface area contributed by atoms with E-state index >= 15 is 0 Å². The maximum atomic E-state index is 13.0. The molecule has 1 aliphatic carbocycles. The quantitative estimate of drug-likeness (QED) is 0.674. The van der Waals surface area contributed by atoms with Crippen LogP contribution in [0, 0.1) is 0 Å². The molecule has 7 nitrogen and oxygen atoms in total. The molecule has 2 atom stereocenters. The zero-order valence-electron chi connectivity index (χ0n) is 14.3. The molecule has 0 aromatic rings. The second kappa shape index (κ2) is 6.63. The van der Waals surface area contributed by atoms with Crippen molar-refractivity contribution >= 4 is 21.8 Å². The summed E-state index contributed by atoms with van der Waals surface area (Å²) in [5.41, 5.74) is -0.714. The number of imide groups is 1. The number of quaternary nitrogens is 1. The molecule has 1 unspecified atom stereocenters. The van der Waals surface area contributed by atoms with E-state index in [0.29, 0.717) is 25.8 Å². The molecule has 8 heteroatoms. The van der Waals surface area contributed by atoms with E-state index in [1.807, 2.05) is 6.92 Å². The SMILES string of the molecule is CC[NH+](CN1C(=O)NC2(CCCCCC2)C1=O)[C@@H]1CCS(=O)(=O)C1. The molecule has 24 heavy (non-hydrogen) atoms. The van der Waals surface area contributed by atoms with E-state index in [1.165, 1.54) is 4.90 Å². The number of rotatable bonds is 4. The van der Waals surface area contributed by atoms with Crippen molar-refractivity contribution in [1.82, 2.24) is 10.2 Å². The number of urea groups is 1. The Bertz CT molecular complexity index is 611. The lowest BCUT2D eigenvalue weighted by Crippen LogP contribution is -3.17. The highest BCUT2D eigenvalue weighted by Gasteiger charge is 2.52. The van der Waals surface area contributed by atoms with Crippen LogP contribution >= 0.6 is 0 Å². The molecular formula is C16H28N3O4S+. The number of hydrogen-bond donors (Lipinski definition) is 2. The molecule has 0 aromatic carbocycles. The average Bonchev–Trinajstić information content (AvgIpc) is 2.87. The van der Waals surface area contributed by atoms with Crippen molar-refractivity contribution in [2.75, 3.05) is 24.7 Å². The molecule has 1 spiro atoms. The minimum absolute atomic E-state index is 0.0220. The lowest BCUT2D eigenvalue weighted by molar-refractivity contribution is -0.927. The van der Waals surface area contributed by atoms with Crippen LogP contribution in [0.3, 0.4) is 0 Å². The zero-order valence-corrected chi connectivity index (χ0v) is 15.2. The number of amides is 3. The lowest BCUT2D eigenvalue weighted by Gasteiger charge is -2.28. The second-order valence-electron chi connectivity index (χ2n) is 7.43. The minimum Gasteiger partial charge on any atom is -0.323 e. The van der Waals surface area contributed by atoms with Crippen LogP contribution in [-0.2, 0) is 14.6 Å². The van der Waals surface area contributed by atoms with Crippen molar-refractivity contribution in [3.8, 4) is 0 Å². The largest absolute Gasteiger partial charge is 0.329 e. The van der Waals surface area contributed by atoms with E-state index in [2.05, 4.69) is 5.32 Å². The van der Waals surface area contributed by atoms with Gasteiger partial charge in [-0.3, -0.25) is 4.79 Å². The first-order valence-electron chi connectivity index (χ1n) is 9.06. The standard InChI is InChI=1S/C16H27N3O4S/c1-2-18(13-7-10-24(22,23)11-13)12-19-14(20)16(17-15(19)21)8-5-3-4-6-9-16/h13H,2-12H2,1H3,(H,17,21)/p+1/t13-/m1/s1. The van der Waals surface area contributed by atoms with Crippen LogP contribution in [-0.4, -0.2) is 61.6 Å². The Morgan fingerprint density at radius 3 is 2.42 bits per heavy atom. The monoisotopic (exact) mass is 358 g/mol. The molecule has 136 valence electrons. The summed E-state index contributed by atoms with van der Waals surface area (Å²) < 4.78 is 23.5. The maximum absolute atomic E-state index is 13.0. The molecular weight excluding hydrogens is 330 g/mol. The summed E-state index contributed by atoms with van der Waals surface area (Å²) in [7, 11) is -2.97. The van der Waals surface area contributed by atoms with Crippen molar-refractivity contribution in [3.63, 3.8) is 0 Å². The number of nitrogens with zero attached hydrogens (tertiary/aromatic N) is 1. The summed E-state index contributed by atoms with van der Waals surface area (Å²) in [4.78, 5) is 27.7. The van der Waals surface area contributed by atoms with Gasteiger partial charge in [0.05, 0.1) is 12.3 Å². The van der Waals surface area contributed by atoms with Gasteiger partial charge < -0.3 is 10.2 Å². The fourth-order valence-electron chi connectivity index (χ4n) is 4.34. The van der Waals surface area contributed by atoms with E-state index in [1.54, 1.807) is 0 Å². The molecule has 3 amide bonds. The Morgan fingerprint density at radius 1 is 1.21 bits per heavy atom. The van der Waals surface area contributed by atoms with Crippen molar-refractivity contribution < 1.29 is 22.9 Å². The Hall–Kier alpha value is -1.15. The van der Waals surface area contributed by atoms with Crippen LogP contribution < -0.4 is 10.2 Å². The van der Waals surface area contributed by atoms with E-state index in [0.717, 1.165) is 30.6 Å². The van der Waals surface area contributed by atoms with Crippen LogP contribution in [0.25, 0.3) is 0 Å². The van der Waals surface area contributed by atoms with Gasteiger partial charge in [-0.25, -0.2) is 18.1 Å². The highest BCUT2D eigenvalue weighted by Crippen LogP contribution is 2.32. The van der Waals surface area contributed by atoms with Gasteiger partial charge in [0.2, 0.25) is 0 Å². The predicted octanol–water partition coefficient (Wildman–Crippen LogP) is -0.319. The molecule has 1 saturated carbocycles. The number of nitrogens with one attached hydrogen (secondary N) is 2. The van der Waals surface area contributed by atoms with Crippen LogP contribution in [0.15, 0.2) is 0 Å². The normalized spacial score (nSPS) is 30.4. The third kappa shape index (κ3) is 3.31. The van der Waals surface area contributed by atoms with Gasteiger partial charge in [-0.05, 0) is 19.8 Å². The fraction of sp³-hybridized carbons (Fsp3) is 0.875. The van der Waals surface area contributed by atoms with Gasteiger partial charge >= 0.3 is 6.03 Å². The lowest BCUT2D eigenvalue weighted by atomic mass is 9.90. The first-order valence-corrected chi connectivity index (χ1v) is 10.9. The smallest absolute Gasteiger partial charge is 0.323 e. The molecule has 0 radical (unpaired) electrons. The van der Waals surface area contributed by atoms with E-state index < -0.39 is 15.4 Å². The Morgan fingerprint density at radius 2 is 1.88 bits per heavy atom.